The van der Waals surface area contributed by atoms with Crippen molar-refractivity contribution in [1.82, 2.24) is 0 Å². The molecule has 1 rings (SSSR count). The zero-order valence-electron chi connectivity index (χ0n) is 10.3. The van der Waals surface area contributed by atoms with Crippen LogP contribution in [0.1, 0.15) is 31.6 Å². The summed E-state index contributed by atoms with van der Waals surface area (Å²) in [6, 6.07) is 1.89. The lowest BCUT2D eigenvalue weighted by molar-refractivity contribution is -0.0125. The molecule has 16 heavy (non-hydrogen) atoms. The third-order valence-corrected chi connectivity index (χ3v) is 2.68. The van der Waals surface area contributed by atoms with Gasteiger partial charge in [-0.2, -0.15) is 0 Å². The molecule has 1 aromatic heterocycles. The third-order valence-electron chi connectivity index (χ3n) is 2.68. The average Bonchev–Trinajstić information content (AvgIpc) is 2.72. The molecule has 1 aromatic rings. The van der Waals surface area contributed by atoms with Crippen molar-refractivity contribution in [3.63, 3.8) is 0 Å². The van der Waals surface area contributed by atoms with Crippen molar-refractivity contribution in [2.75, 3.05) is 13.7 Å². The normalized spacial score (nSPS) is 12.0. The van der Waals surface area contributed by atoms with Gasteiger partial charge in [-0.15, -0.1) is 0 Å². The lowest BCUT2D eigenvalue weighted by atomic mass is 10.1. The molecule has 0 amide bonds. The molecule has 4 nitrogen and oxygen atoms in total. The van der Waals surface area contributed by atoms with Crippen LogP contribution in [0.25, 0.3) is 0 Å². The Bertz CT molecular complexity index is 307. The zero-order valence-corrected chi connectivity index (χ0v) is 10.3. The van der Waals surface area contributed by atoms with Gasteiger partial charge in [0.15, 0.2) is 0 Å². The van der Waals surface area contributed by atoms with Gasteiger partial charge in [0.05, 0.1) is 25.0 Å². The van der Waals surface area contributed by atoms with Crippen LogP contribution in [0, 0.1) is 0 Å². The summed E-state index contributed by atoms with van der Waals surface area (Å²) < 4.78 is 16.1. The van der Waals surface area contributed by atoms with E-state index in [2.05, 4.69) is 0 Å². The smallest absolute Gasteiger partial charge is 0.122 e. The van der Waals surface area contributed by atoms with Crippen LogP contribution in [0.5, 0.6) is 0 Å². The van der Waals surface area contributed by atoms with Crippen LogP contribution in [0.3, 0.4) is 0 Å². The van der Waals surface area contributed by atoms with Gasteiger partial charge in [-0.3, -0.25) is 0 Å². The Hall–Kier alpha value is -0.840. The molecule has 0 unspecified atom stereocenters. The van der Waals surface area contributed by atoms with Crippen LogP contribution in [-0.4, -0.2) is 19.3 Å². The third kappa shape index (κ3) is 3.96. The highest BCUT2D eigenvalue weighted by Crippen LogP contribution is 2.15. The molecule has 0 fully saturated rings. The fourth-order valence-electron chi connectivity index (χ4n) is 1.28. The van der Waals surface area contributed by atoms with E-state index in [9.17, 15) is 0 Å². The summed E-state index contributed by atoms with van der Waals surface area (Å²) in [6.07, 6.45) is 2.50. The number of nitrogens with two attached hydrogens (primary N) is 1. The van der Waals surface area contributed by atoms with Crippen molar-refractivity contribution >= 4 is 0 Å². The van der Waals surface area contributed by atoms with Gasteiger partial charge in [-0.1, -0.05) is 0 Å². The van der Waals surface area contributed by atoms with E-state index in [0.717, 1.165) is 17.7 Å². The van der Waals surface area contributed by atoms with E-state index in [0.29, 0.717) is 19.8 Å². The van der Waals surface area contributed by atoms with Gasteiger partial charge in [0, 0.05) is 19.3 Å². The Kier molecular flexibility index (Phi) is 4.99. The minimum Gasteiger partial charge on any atom is -0.468 e. The maximum Gasteiger partial charge on any atom is 0.122 e. The van der Waals surface area contributed by atoms with E-state index < -0.39 is 0 Å². The van der Waals surface area contributed by atoms with E-state index in [4.69, 9.17) is 19.6 Å². The molecule has 0 saturated heterocycles. The highest BCUT2D eigenvalue weighted by atomic mass is 16.5. The van der Waals surface area contributed by atoms with Gasteiger partial charge in [0.25, 0.3) is 0 Å². The van der Waals surface area contributed by atoms with E-state index >= 15 is 0 Å². The van der Waals surface area contributed by atoms with Gasteiger partial charge in [-0.25, -0.2) is 0 Å². The molecular formula is C12H21NO3. The quantitative estimate of drug-likeness (QED) is 0.724. The van der Waals surface area contributed by atoms with E-state index in [1.54, 1.807) is 13.4 Å². The molecule has 0 bridgehead atoms. The Morgan fingerprint density at radius 1 is 1.44 bits per heavy atom. The summed E-state index contributed by atoms with van der Waals surface area (Å²) in [5, 5.41) is 0. The SMILES string of the molecule is COC(C)(C)CCOCc1ccoc1CN. The van der Waals surface area contributed by atoms with Gasteiger partial charge in [-0.05, 0) is 26.3 Å². The van der Waals surface area contributed by atoms with Crippen LogP contribution in [-0.2, 0) is 22.6 Å². The topological polar surface area (TPSA) is 57.6 Å². The van der Waals surface area contributed by atoms with Crippen LogP contribution in [0.4, 0.5) is 0 Å². The lowest BCUT2D eigenvalue weighted by Gasteiger charge is -2.22. The standard InChI is InChI=1S/C12H21NO3/c1-12(2,14-3)5-7-15-9-10-4-6-16-11(10)8-13/h4,6H,5,7-9,13H2,1-3H3. The molecule has 0 aromatic carbocycles. The highest BCUT2D eigenvalue weighted by molar-refractivity contribution is 5.15. The van der Waals surface area contributed by atoms with Gasteiger partial charge in [0.2, 0.25) is 0 Å². The average molecular weight is 227 g/mol. The molecule has 4 heteroatoms. The first-order valence-electron chi connectivity index (χ1n) is 5.47. The Balaban J connectivity index is 2.26. The van der Waals surface area contributed by atoms with Crippen LogP contribution < -0.4 is 5.73 Å². The monoisotopic (exact) mass is 227 g/mol. The molecule has 92 valence electrons. The van der Waals surface area contributed by atoms with Crippen LogP contribution in [0.2, 0.25) is 0 Å². The van der Waals surface area contributed by atoms with Crippen molar-refractivity contribution in [1.29, 1.82) is 0 Å². The molecule has 0 spiro atoms. The van der Waals surface area contributed by atoms with Crippen molar-refractivity contribution < 1.29 is 13.9 Å². The molecule has 0 aliphatic carbocycles. The first-order chi connectivity index (χ1) is 7.59. The summed E-state index contributed by atoms with van der Waals surface area (Å²) in [6.45, 7) is 5.70. The number of methoxy groups -OCH3 is 1. The van der Waals surface area contributed by atoms with Crippen LogP contribution in [0.15, 0.2) is 16.7 Å². The second-order valence-corrected chi connectivity index (χ2v) is 4.34. The van der Waals surface area contributed by atoms with E-state index in [1.807, 2.05) is 19.9 Å². The lowest BCUT2D eigenvalue weighted by Crippen LogP contribution is -2.24. The second-order valence-electron chi connectivity index (χ2n) is 4.34. The number of rotatable bonds is 7. The van der Waals surface area contributed by atoms with Crippen LogP contribution >= 0.6 is 0 Å². The van der Waals surface area contributed by atoms with Crippen molar-refractivity contribution in [3.8, 4) is 0 Å². The Morgan fingerprint density at radius 2 is 2.19 bits per heavy atom. The highest BCUT2D eigenvalue weighted by Gasteiger charge is 2.15. The number of hydrogen-bond acceptors (Lipinski definition) is 4. The van der Waals surface area contributed by atoms with Gasteiger partial charge >= 0.3 is 0 Å². The van der Waals surface area contributed by atoms with E-state index in [-0.39, 0.29) is 5.60 Å². The number of furan rings is 1. The second kappa shape index (κ2) is 6.03. The molecule has 0 atom stereocenters. The minimum atomic E-state index is -0.132. The van der Waals surface area contributed by atoms with Gasteiger partial charge < -0.3 is 19.6 Å². The largest absolute Gasteiger partial charge is 0.468 e. The maximum atomic E-state index is 5.56. The van der Waals surface area contributed by atoms with Crippen molar-refractivity contribution in [2.24, 2.45) is 5.73 Å². The number of hydrogen-bond donors (Lipinski definition) is 1. The summed E-state index contributed by atoms with van der Waals surface area (Å²) >= 11 is 0. The molecule has 0 aliphatic rings. The zero-order chi connectivity index (χ0) is 12.0. The predicted octanol–water partition coefficient (Wildman–Crippen LogP) is 2.07. The Morgan fingerprint density at radius 3 is 2.81 bits per heavy atom. The Labute approximate surface area is 96.7 Å². The molecule has 1 heterocycles. The molecule has 2 N–H and O–H groups in total. The van der Waals surface area contributed by atoms with Crippen molar-refractivity contribution in [3.05, 3.63) is 23.7 Å². The molecular weight excluding hydrogens is 206 g/mol. The maximum absolute atomic E-state index is 5.56. The van der Waals surface area contributed by atoms with Crippen molar-refractivity contribution in [2.45, 2.75) is 39.0 Å². The fourth-order valence-corrected chi connectivity index (χ4v) is 1.28. The summed E-state index contributed by atoms with van der Waals surface area (Å²) in [7, 11) is 1.71. The van der Waals surface area contributed by atoms with E-state index in [1.165, 1.54) is 0 Å². The fraction of sp³-hybridized carbons (Fsp3) is 0.667. The molecule has 0 radical (unpaired) electrons. The first-order valence-corrected chi connectivity index (χ1v) is 5.47. The first kappa shape index (κ1) is 13.2. The summed E-state index contributed by atoms with van der Waals surface area (Å²) in [5.74, 6) is 0.797. The summed E-state index contributed by atoms with van der Waals surface area (Å²) in [4.78, 5) is 0. The predicted molar refractivity (Wildman–Crippen MR) is 62.0 cm³/mol. The molecule has 0 aliphatic heterocycles. The number of ether oxygens (including phenoxy) is 2. The minimum absolute atomic E-state index is 0.132. The summed E-state index contributed by atoms with van der Waals surface area (Å²) in [5.41, 5.74) is 6.41. The van der Waals surface area contributed by atoms with Gasteiger partial charge in [0.1, 0.15) is 5.76 Å². The molecule has 0 saturated carbocycles.